The maximum absolute atomic E-state index is 12.9. The lowest BCUT2D eigenvalue weighted by atomic mass is 9.86. The van der Waals surface area contributed by atoms with Crippen molar-refractivity contribution in [1.29, 1.82) is 0 Å². The van der Waals surface area contributed by atoms with Gasteiger partial charge in [-0.15, -0.1) is 0 Å². The van der Waals surface area contributed by atoms with Crippen molar-refractivity contribution < 1.29 is 24.5 Å². The minimum Gasteiger partial charge on any atom is -0.469 e. The second kappa shape index (κ2) is 11.7. The number of ether oxygens (including phenoxy) is 1. The van der Waals surface area contributed by atoms with Gasteiger partial charge in [-0.05, 0) is 39.0 Å². The number of rotatable bonds is 12. The molecule has 5 nitrogen and oxygen atoms in total. The fourth-order valence-electron chi connectivity index (χ4n) is 3.97. The molecule has 0 aromatic heterocycles. The minimum atomic E-state index is -0.775. The quantitative estimate of drug-likeness (QED) is 0.285. The summed E-state index contributed by atoms with van der Waals surface area (Å²) in [6.07, 6.45) is 12.8. The van der Waals surface area contributed by atoms with Gasteiger partial charge in [0.15, 0.2) is 0 Å². The Bertz CT molecular complexity index is 588. The predicted molar refractivity (Wildman–Crippen MR) is 115 cm³/mol. The van der Waals surface area contributed by atoms with Crippen LogP contribution >= 0.6 is 0 Å². The molecule has 1 saturated carbocycles. The Morgan fingerprint density at radius 3 is 2.55 bits per heavy atom. The van der Waals surface area contributed by atoms with Gasteiger partial charge in [0.1, 0.15) is 5.78 Å². The first-order valence-electron chi connectivity index (χ1n) is 10.9. The zero-order valence-corrected chi connectivity index (χ0v) is 18.8. The summed E-state index contributed by atoms with van der Waals surface area (Å²) in [7, 11) is 1.38. The highest BCUT2D eigenvalue weighted by molar-refractivity contribution is 5.90. The number of methoxy groups -OCH3 is 1. The number of hydrogen-bond donors (Lipinski definition) is 2. The van der Waals surface area contributed by atoms with E-state index < -0.39 is 17.1 Å². The highest BCUT2D eigenvalue weighted by Gasteiger charge is 2.52. The lowest BCUT2D eigenvalue weighted by Gasteiger charge is -2.23. The molecule has 1 aliphatic rings. The largest absolute Gasteiger partial charge is 0.469 e. The molecule has 0 heterocycles. The van der Waals surface area contributed by atoms with Crippen LogP contribution in [0, 0.1) is 17.3 Å². The molecule has 0 bridgehead atoms. The van der Waals surface area contributed by atoms with E-state index in [-0.39, 0.29) is 23.6 Å². The van der Waals surface area contributed by atoms with Crippen LogP contribution in [0.3, 0.4) is 0 Å². The number of unbranched alkanes of at least 4 members (excludes halogenated alkanes) is 2. The van der Waals surface area contributed by atoms with E-state index in [4.69, 9.17) is 0 Å². The summed E-state index contributed by atoms with van der Waals surface area (Å²) in [6, 6.07) is 0. The Balaban J connectivity index is 2.70. The molecule has 5 heteroatoms. The maximum Gasteiger partial charge on any atom is 0.305 e. The first-order valence-corrected chi connectivity index (χ1v) is 10.9. The van der Waals surface area contributed by atoms with Crippen molar-refractivity contribution in [2.75, 3.05) is 7.11 Å². The molecular weight excluding hydrogens is 368 g/mol. The van der Waals surface area contributed by atoms with Gasteiger partial charge >= 0.3 is 5.97 Å². The van der Waals surface area contributed by atoms with E-state index in [0.29, 0.717) is 25.7 Å². The van der Waals surface area contributed by atoms with Gasteiger partial charge in [-0.25, -0.2) is 0 Å². The number of allylic oxidation sites excluding steroid dienone is 2. The number of Topliss-reactive ketones (excluding diaryl/α,β-unsaturated/α-hetero) is 1. The molecule has 1 rings (SSSR count). The molecular formula is C24H40O5. The van der Waals surface area contributed by atoms with E-state index in [1.165, 1.54) is 7.11 Å². The molecule has 0 radical (unpaired) electrons. The average molecular weight is 409 g/mol. The molecule has 1 aliphatic carbocycles. The topological polar surface area (TPSA) is 83.8 Å². The highest BCUT2D eigenvalue weighted by Crippen LogP contribution is 2.44. The van der Waals surface area contributed by atoms with Gasteiger partial charge in [-0.2, -0.15) is 0 Å². The number of carbonyl (C=O) groups is 2. The molecule has 0 saturated heterocycles. The van der Waals surface area contributed by atoms with Crippen molar-refractivity contribution in [3.63, 3.8) is 0 Å². The van der Waals surface area contributed by atoms with E-state index in [1.54, 1.807) is 13.8 Å². The Kier molecular flexibility index (Phi) is 10.3. The molecule has 4 atom stereocenters. The molecule has 0 amide bonds. The van der Waals surface area contributed by atoms with Crippen LogP contribution in [0.4, 0.5) is 0 Å². The number of carbonyl (C=O) groups excluding carboxylic acids is 2. The van der Waals surface area contributed by atoms with Crippen LogP contribution in [0.25, 0.3) is 0 Å². The summed E-state index contributed by atoms with van der Waals surface area (Å²) in [4.78, 5) is 24.0. The second-order valence-corrected chi connectivity index (χ2v) is 9.12. The third-order valence-electron chi connectivity index (χ3n) is 6.06. The van der Waals surface area contributed by atoms with Crippen molar-refractivity contribution in [3.8, 4) is 0 Å². The monoisotopic (exact) mass is 408 g/mol. The van der Waals surface area contributed by atoms with Crippen molar-refractivity contribution in [2.24, 2.45) is 17.3 Å². The van der Waals surface area contributed by atoms with Gasteiger partial charge in [-0.3, -0.25) is 9.59 Å². The van der Waals surface area contributed by atoms with Crippen LogP contribution in [-0.2, 0) is 14.3 Å². The first kappa shape index (κ1) is 25.6. The van der Waals surface area contributed by atoms with E-state index in [2.05, 4.69) is 11.7 Å². The van der Waals surface area contributed by atoms with Crippen molar-refractivity contribution in [2.45, 2.75) is 90.8 Å². The van der Waals surface area contributed by atoms with Crippen molar-refractivity contribution in [3.05, 3.63) is 24.3 Å². The third-order valence-corrected chi connectivity index (χ3v) is 6.06. The minimum absolute atomic E-state index is 0.0802. The Morgan fingerprint density at radius 1 is 1.24 bits per heavy atom. The zero-order valence-electron chi connectivity index (χ0n) is 18.8. The summed E-state index contributed by atoms with van der Waals surface area (Å²) >= 11 is 0. The summed E-state index contributed by atoms with van der Waals surface area (Å²) in [5, 5.41) is 21.2. The fraction of sp³-hybridized carbons (Fsp3) is 0.750. The lowest BCUT2D eigenvalue weighted by Crippen LogP contribution is -2.31. The second-order valence-electron chi connectivity index (χ2n) is 9.12. The lowest BCUT2D eigenvalue weighted by molar-refractivity contribution is -0.140. The van der Waals surface area contributed by atoms with Crippen LogP contribution < -0.4 is 0 Å². The Hall–Kier alpha value is -1.46. The van der Waals surface area contributed by atoms with Crippen LogP contribution in [0.1, 0.15) is 79.1 Å². The van der Waals surface area contributed by atoms with Crippen LogP contribution in [0.2, 0.25) is 0 Å². The summed E-state index contributed by atoms with van der Waals surface area (Å²) in [6.45, 7) is 7.54. The maximum atomic E-state index is 12.9. The van der Waals surface area contributed by atoms with E-state index in [1.807, 2.05) is 31.2 Å². The smallest absolute Gasteiger partial charge is 0.305 e. The first-order chi connectivity index (χ1) is 13.6. The predicted octanol–water partition coefficient (Wildman–Crippen LogP) is 4.37. The van der Waals surface area contributed by atoms with E-state index in [0.717, 1.165) is 25.7 Å². The van der Waals surface area contributed by atoms with Gasteiger partial charge in [0.25, 0.3) is 0 Å². The SMILES string of the molecule is CCCCC(C)(O)CC=C[C@H]1C(O)C(C)(C)C(=O)[C@@H]1CC=CCCCC(=O)OC. The normalized spacial score (nSPS) is 26.3. The van der Waals surface area contributed by atoms with Gasteiger partial charge in [0.05, 0.1) is 24.2 Å². The molecule has 0 aliphatic heterocycles. The molecule has 0 aromatic carbocycles. The summed E-state index contributed by atoms with van der Waals surface area (Å²) < 4.78 is 4.62. The molecule has 1 fully saturated rings. The van der Waals surface area contributed by atoms with Crippen molar-refractivity contribution in [1.82, 2.24) is 0 Å². The van der Waals surface area contributed by atoms with Crippen LogP contribution in [-0.4, -0.2) is 40.8 Å². The number of esters is 1. The molecule has 29 heavy (non-hydrogen) atoms. The summed E-state index contributed by atoms with van der Waals surface area (Å²) in [5.74, 6) is -0.654. The van der Waals surface area contributed by atoms with Gasteiger partial charge in [-0.1, -0.05) is 57.9 Å². The van der Waals surface area contributed by atoms with E-state index >= 15 is 0 Å². The molecule has 0 spiro atoms. The Morgan fingerprint density at radius 2 is 1.93 bits per heavy atom. The zero-order chi connectivity index (χ0) is 22.1. The van der Waals surface area contributed by atoms with Gasteiger partial charge < -0.3 is 14.9 Å². The van der Waals surface area contributed by atoms with Gasteiger partial charge in [0, 0.05) is 18.3 Å². The molecule has 2 unspecified atom stereocenters. The van der Waals surface area contributed by atoms with Crippen molar-refractivity contribution >= 4 is 11.8 Å². The molecule has 166 valence electrons. The number of ketones is 1. The van der Waals surface area contributed by atoms with Crippen LogP contribution in [0.5, 0.6) is 0 Å². The summed E-state index contributed by atoms with van der Waals surface area (Å²) in [5.41, 5.74) is -1.53. The van der Waals surface area contributed by atoms with Gasteiger partial charge in [0.2, 0.25) is 0 Å². The third kappa shape index (κ3) is 7.71. The fourth-order valence-corrected chi connectivity index (χ4v) is 3.97. The molecule has 2 N–H and O–H groups in total. The number of hydrogen-bond acceptors (Lipinski definition) is 5. The number of aliphatic hydroxyl groups is 2. The average Bonchev–Trinajstić information content (AvgIpc) is 2.83. The molecule has 0 aromatic rings. The highest BCUT2D eigenvalue weighted by atomic mass is 16.5. The Labute approximate surface area is 176 Å². The standard InChI is InChI=1S/C24H40O5/c1-6-7-16-24(4,28)17-12-14-19-18(21(26)23(2,3)22(19)27)13-10-8-9-11-15-20(25)29-5/h8,10,12,14,18-19,22,27-28H,6-7,9,11,13,15-17H2,1-5H3/t18-,19-,22?,24?/m1/s1. The number of aliphatic hydroxyl groups excluding tert-OH is 1. The van der Waals surface area contributed by atoms with Crippen LogP contribution in [0.15, 0.2) is 24.3 Å². The van der Waals surface area contributed by atoms with E-state index in [9.17, 15) is 19.8 Å².